The predicted molar refractivity (Wildman–Crippen MR) is 73.0 cm³/mol. The highest BCUT2D eigenvalue weighted by Gasteiger charge is 2.06. The van der Waals surface area contributed by atoms with E-state index < -0.39 is 0 Å². The first-order chi connectivity index (χ1) is 8.69. The molecule has 0 saturated carbocycles. The van der Waals surface area contributed by atoms with Gasteiger partial charge in [0.2, 0.25) is 0 Å². The normalized spacial score (nSPS) is 11.0. The molecule has 18 heavy (non-hydrogen) atoms. The predicted octanol–water partition coefficient (Wildman–Crippen LogP) is 2.28. The number of hydrogen-bond donors (Lipinski definition) is 1. The lowest BCUT2D eigenvalue weighted by Crippen LogP contribution is -2.16. The number of aromatic nitrogens is 2. The van der Waals surface area contributed by atoms with Crippen molar-refractivity contribution in [2.75, 3.05) is 24.2 Å². The highest BCUT2D eigenvalue weighted by atomic mass is 16.5. The number of nitrogens with two attached hydrogens (primary N) is 1. The van der Waals surface area contributed by atoms with Crippen molar-refractivity contribution in [2.24, 2.45) is 0 Å². The number of benzene rings is 1. The highest BCUT2D eigenvalue weighted by Crippen LogP contribution is 2.12. The molecular formula is C13H16N4O. The van der Waals surface area contributed by atoms with Crippen LogP contribution < -0.4 is 10.6 Å². The molecule has 0 radical (unpaired) electrons. The molecule has 0 aliphatic rings. The van der Waals surface area contributed by atoms with Crippen LogP contribution in [-0.2, 0) is 0 Å². The summed E-state index contributed by atoms with van der Waals surface area (Å²) in [5.74, 6) is 1.08. The van der Waals surface area contributed by atoms with Gasteiger partial charge < -0.3 is 15.2 Å². The molecule has 5 heteroatoms. The van der Waals surface area contributed by atoms with Crippen LogP contribution in [0.5, 0.6) is 0 Å². The first kappa shape index (κ1) is 12.2. The van der Waals surface area contributed by atoms with Crippen LogP contribution in [-0.4, -0.2) is 23.7 Å². The van der Waals surface area contributed by atoms with Gasteiger partial charge >= 0.3 is 0 Å². The molecule has 0 spiro atoms. The van der Waals surface area contributed by atoms with E-state index in [-0.39, 0.29) is 0 Å². The Hall–Kier alpha value is -2.30. The maximum Gasteiger partial charge on any atom is 0.266 e. The molecule has 0 aliphatic heterocycles. The maximum absolute atomic E-state index is 5.62. The van der Waals surface area contributed by atoms with E-state index in [9.17, 15) is 0 Å². The van der Waals surface area contributed by atoms with Crippen molar-refractivity contribution >= 4 is 23.8 Å². The zero-order valence-corrected chi connectivity index (χ0v) is 10.5. The first-order valence-corrected chi connectivity index (χ1v) is 5.77. The molecule has 0 amide bonds. The second-order valence-electron chi connectivity index (χ2n) is 3.95. The Labute approximate surface area is 106 Å². The summed E-state index contributed by atoms with van der Waals surface area (Å²) >= 11 is 0. The Kier molecular flexibility index (Phi) is 3.62. The van der Waals surface area contributed by atoms with Gasteiger partial charge in [0.05, 0.1) is 0 Å². The Morgan fingerprint density at radius 2 is 2.00 bits per heavy atom. The second kappa shape index (κ2) is 5.35. The summed E-state index contributed by atoms with van der Waals surface area (Å²) in [4.78, 5) is 6.16. The zero-order valence-electron chi connectivity index (χ0n) is 10.5. The minimum absolute atomic E-state index is 0.488. The van der Waals surface area contributed by atoms with Crippen molar-refractivity contribution in [3.63, 3.8) is 0 Å². The SMILES string of the molecule is CCN(C)c1noc(/C=C/c2ccc(N)cc2)n1. The van der Waals surface area contributed by atoms with Crippen LogP contribution >= 0.6 is 0 Å². The molecule has 0 unspecified atom stereocenters. The van der Waals surface area contributed by atoms with Crippen molar-refractivity contribution in [2.45, 2.75) is 6.92 Å². The summed E-state index contributed by atoms with van der Waals surface area (Å²) in [5, 5.41) is 3.88. The van der Waals surface area contributed by atoms with E-state index in [4.69, 9.17) is 10.3 Å². The molecule has 0 bridgehead atoms. The minimum atomic E-state index is 0.488. The Balaban J connectivity index is 2.09. The second-order valence-corrected chi connectivity index (χ2v) is 3.95. The lowest BCUT2D eigenvalue weighted by molar-refractivity contribution is 0.409. The van der Waals surface area contributed by atoms with E-state index in [2.05, 4.69) is 10.1 Å². The van der Waals surface area contributed by atoms with Crippen LogP contribution in [0.3, 0.4) is 0 Å². The fourth-order valence-corrected chi connectivity index (χ4v) is 1.37. The van der Waals surface area contributed by atoms with Crippen LogP contribution in [0.25, 0.3) is 12.2 Å². The Morgan fingerprint density at radius 3 is 2.67 bits per heavy atom. The maximum atomic E-state index is 5.62. The summed E-state index contributed by atoms with van der Waals surface area (Å²) in [5.41, 5.74) is 7.40. The molecule has 5 nitrogen and oxygen atoms in total. The lowest BCUT2D eigenvalue weighted by atomic mass is 10.2. The lowest BCUT2D eigenvalue weighted by Gasteiger charge is -2.08. The molecule has 2 rings (SSSR count). The fraction of sp³-hybridized carbons (Fsp3) is 0.231. The number of nitrogen functional groups attached to an aromatic ring is 1. The van der Waals surface area contributed by atoms with Crippen LogP contribution in [0.4, 0.5) is 11.6 Å². The van der Waals surface area contributed by atoms with Gasteiger partial charge in [-0.3, -0.25) is 0 Å². The summed E-state index contributed by atoms with van der Waals surface area (Å²) in [6, 6.07) is 7.57. The van der Waals surface area contributed by atoms with Crippen LogP contribution in [0.15, 0.2) is 28.8 Å². The molecule has 94 valence electrons. The molecule has 0 fully saturated rings. The third-order valence-electron chi connectivity index (χ3n) is 2.60. The highest BCUT2D eigenvalue weighted by molar-refractivity contribution is 5.67. The summed E-state index contributed by atoms with van der Waals surface area (Å²) in [6.45, 7) is 2.86. The zero-order chi connectivity index (χ0) is 13.0. The van der Waals surface area contributed by atoms with E-state index in [0.29, 0.717) is 11.8 Å². The molecule has 1 aromatic carbocycles. The smallest absolute Gasteiger partial charge is 0.266 e. The molecule has 0 atom stereocenters. The summed E-state index contributed by atoms with van der Waals surface area (Å²) < 4.78 is 5.12. The van der Waals surface area contributed by atoms with Gasteiger partial charge in [-0.1, -0.05) is 12.1 Å². The molecule has 2 N–H and O–H groups in total. The number of anilines is 2. The average Bonchev–Trinajstić information content (AvgIpc) is 2.86. The summed E-state index contributed by atoms with van der Waals surface area (Å²) in [7, 11) is 1.92. The standard InChI is InChI=1S/C13H16N4O/c1-3-17(2)13-15-12(18-16-13)9-6-10-4-7-11(14)8-5-10/h4-9H,3,14H2,1-2H3/b9-6+. The van der Waals surface area contributed by atoms with Crippen LogP contribution in [0.1, 0.15) is 18.4 Å². The van der Waals surface area contributed by atoms with E-state index in [1.807, 2.05) is 49.2 Å². The van der Waals surface area contributed by atoms with E-state index >= 15 is 0 Å². The number of rotatable bonds is 4. The number of hydrogen-bond acceptors (Lipinski definition) is 5. The van der Waals surface area contributed by atoms with Gasteiger partial charge in [0.1, 0.15) is 0 Å². The van der Waals surface area contributed by atoms with Gasteiger partial charge in [-0.25, -0.2) is 0 Å². The van der Waals surface area contributed by atoms with Gasteiger partial charge in [0.15, 0.2) is 0 Å². The molecule has 0 aliphatic carbocycles. The quantitative estimate of drug-likeness (QED) is 0.836. The molecule has 2 aromatic rings. The van der Waals surface area contributed by atoms with Gasteiger partial charge in [0, 0.05) is 25.4 Å². The van der Waals surface area contributed by atoms with Crippen molar-refractivity contribution < 1.29 is 4.52 Å². The van der Waals surface area contributed by atoms with Crippen molar-refractivity contribution in [3.05, 3.63) is 35.7 Å². The van der Waals surface area contributed by atoms with Gasteiger partial charge in [0.25, 0.3) is 11.8 Å². The fourth-order valence-electron chi connectivity index (χ4n) is 1.37. The van der Waals surface area contributed by atoms with E-state index in [0.717, 1.165) is 17.8 Å². The van der Waals surface area contributed by atoms with Gasteiger partial charge in [-0.05, 0) is 35.9 Å². The molecule has 0 saturated heterocycles. The van der Waals surface area contributed by atoms with Crippen LogP contribution in [0, 0.1) is 0 Å². The van der Waals surface area contributed by atoms with E-state index in [1.165, 1.54) is 0 Å². The van der Waals surface area contributed by atoms with Crippen molar-refractivity contribution in [3.8, 4) is 0 Å². The Bertz CT molecular complexity index is 530. The first-order valence-electron chi connectivity index (χ1n) is 5.77. The average molecular weight is 244 g/mol. The third kappa shape index (κ3) is 2.88. The topological polar surface area (TPSA) is 68.2 Å². The van der Waals surface area contributed by atoms with Crippen molar-refractivity contribution in [1.82, 2.24) is 10.1 Å². The van der Waals surface area contributed by atoms with Gasteiger partial charge in [-0.15, -0.1) is 0 Å². The molecule has 1 aromatic heterocycles. The van der Waals surface area contributed by atoms with Crippen LogP contribution in [0.2, 0.25) is 0 Å². The van der Waals surface area contributed by atoms with Crippen molar-refractivity contribution in [1.29, 1.82) is 0 Å². The largest absolute Gasteiger partial charge is 0.399 e. The molecule has 1 heterocycles. The molecular weight excluding hydrogens is 228 g/mol. The Morgan fingerprint density at radius 1 is 1.28 bits per heavy atom. The summed E-state index contributed by atoms with van der Waals surface area (Å²) in [6.07, 6.45) is 3.69. The number of nitrogens with zero attached hydrogens (tertiary/aromatic N) is 3. The minimum Gasteiger partial charge on any atom is -0.399 e. The third-order valence-corrected chi connectivity index (χ3v) is 2.60. The monoisotopic (exact) mass is 244 g/mol. The van der Waals surface area contributed by atoms with Gasteiger partial charge in [-0.2, -0.15) is 4.98 Å². The van der Waals surface area contributed by atoms with E-state index in [1.54, 1.807) is 6.08 Å².